The second-order valence-corrected chi connectivity index (χ2v) is 7.12. The first-order valence-corrected chi connectivity index (χ1v) is 9.30. The molecule has 0 atom stereocenters. The monoisotopic (exact) mass is 354 g/mol. The van der Waals surface area contributed by atoms with Gasteiger partial charge in [0.25, 0.3) is 0 Å². The summed E-state index contributed by atoms with van der Waals surface area (Å²) in [6, 6.07) is 16.5. The van der Waals surface area contributed by atoms with Crippen LogP contribution in [0.15, 0.2) is 63.7 Å². The van der Waals surface area contributed by atoms with Crippen molar-refractivity contribution in [3.05, 3.63) is 53.9 Å². The second kappa shape index (κ2) is 6.34. The van der Waals surface area contributed by atoms with Gasteiger partial charge in [-0.25, -0.2) is 4.79 Å². The number of rotatable bonds is 2. The fourth-order valence-corrected chi connectivity index (χ4v) is 4.77. The smallest absolute Gasteiger partial charge is 0.434 e. The number of thiophene rings is 1. The van der Waals surface area contributed by atoms with E-state index in [0.717, 1.165) is 27.1 Å². The summed E-state index contributed by atoms with van der Waals surface area (Å²) in [5.74, 6) is 0. The summed E-state index contributed by atoms with van der Waals surface area (Å²) >= 11 is 3.16. The average Bonchev–Trinajstić information content (AvgIpc) is 2.93. The van der Waals surface area contributed by atoms with Crippen LogP contribution in [0.25, 0.3) is 22.3 Å². The fraction of sp³-hybridized carbons (Fsp3) is 0.105. The highest BCUT2D eigenvalue weighted by atomic mass is 32.2. The zero-order valence-electron chi connectivity index (χ0n) is 12.9. The molecule has 0 bridgehead atoms. The Morgan fingerprint density at radius 2 is 1.62 bits per heavy atom. The van der Waals surface area contributed by atoms with E-state index in [0.29, 0.717) is 11.7 Å². The molecule has 3 aromatic rings. The largest absolute Gasteiger partial charge is 0.514 e. The van der Waals surface area contributed by atoms with Gasteiger partial charge in [0.15, 0.2) is 5.06 Å². The maximum Gasteiger partial charge on any atom is 0.514 e. The lowest BCUT2D eigenvalue weighted by atomic mass is 9.99. The molecule has 0 amide bonds. The molecule has 24 heavy (non-hydrogen) atoms. The maximum atomic E-state index is 11.8. The van der Waals surface area contributed by atoms with Crippen molar-refractivity contribution in [3.63, 3.8) is 0 Å². The normalized spacial score (nSPS) is 11.7. The first-order valence-electron chi connectivity index (χ1n) is 7.60. The van der Waals surface area contributed by atoms with Crippen molar-refractivity contribution >= 4 is 29.3 Å². The highest BCUT2D eigenvalue weighted by Crippen LogP contribution is 2.53. The molecule has 0 N–H and O–H groups in total. The van der Waals surface area contributed by atoms with Crippen LogP contribution in [0.3, 0.4) is 0 Å². The molecule has 3 nitrogen and oxygen atoms in total. The Morgan fingerprint density at radius 1 is 0.958 bits per heavy atom. The predicted octanol–water partition coefficient (Wildman–Crippen LogP) is 6.08. The number of carbonyl (C=O) groups is 1. The molecular formula is C19H14O3S2. The Balaban J connectivity index is 1.92. The van der Waals surface area contributed by atoms with Crippen LogP contribution in [-0.4, -0.2) is 12.8 Å². The quantitative estimate of drug-likeness (QED) is 0.409. The van der Waals surface area contributed by atoms with E-state index >= 15 is 0 Å². The molecule has 0 spiro atoms. The fourth-order valence-electron chi connectivity index (χ4n) is 2.75. The van der Waals surface area contributed by atoms with Crippen LogP contribution in [-0.2, 0) is 4.74 Å². The summed E-state index contributed by atoms with van der Waals surface area (Å²) in [6.45, 7) is 2.06. The van der Waals surface area contributed by atoms with E-state index in [1.165, 1.54) is 16.2 Å². The SMILES string of the molecule is CCOC(=O)Oc1scc2c1-c1ccccc1Sc1ccccc1-2. The van der Waals surface area contributed by atoms with E-state index in [1.807, 2.05) is 29.6 Å². The lowest BCUT2D eigenvalue weighted by molar-refractivity contribution is 0.106. The first kappa shape index (κ1) is 15.3. The summed E-state index contributed by atoms with van der Waals surface area (Å²) in [7, 11) is 0. The zero-order valence-corrected chi connectivity index (χ0v) is 14.6. The minimum absolute atomic E-state index is 0.293. The highest BCUT2D eigenvalue weighted by molar-refractivity contribution is 7.99. The third kappa shape index (κ3) is 2.60. The summed E-state index contributed by atoms with van der Waals surface area (Å²) < 4.78 is 10.4. The van der Waals surface area contributed by atoms with Crippen LogP contribution in [0.2, 0.25) is 0 Å². The Bertz CT molecular complexity index is 914. The van der Waals surface area contributed by atoms with Crippen molar-refractivity contribution in [2.75, 3.05) is 6.61 Å². The molecule has 2 heterocycles. The van der Waals surface area contributed by atoms with Gasteiger partial charge >= 0.3 is 6.16 Å². The van der Waals surface area contributed by atoms with Crippen molar-refractivity contribution in [2.24, 2.45) is 0 Å². The van der Waals surface area contributed by atoms with Gasteiger partial charge in [-0.15, -0.1) is 11.3 Å². The van der Waals surface area contributed by atoms with Gasteiger partial charge in [-0.2, -0.15) is 0 Å². The Labute approximate surface area is 148 Å². The molecule has 0 unspecified atom stereocenters. The molecular weight excluding hydrogens is 340 g/mol. The molecule has 1 aliphatic rings. The molecule has 0 aliphatic carbocycles. The van der Waals surface area contributed by atoms with Crippen molar-refractivity contribution in [1.29, 1.82) is 0 Å². The predicted molar refractivity (Wildman–Crippen MR) is 97.0 cm³/mol. The molecule has 0 saturated heterocycles. The van der Waals surface area contributed by atoms with E-state index in [4.69, 9.17) is 9.47 Å². The lowest BCUT2D eigenvalue weighted by Gasteiger charge is -2.08. The van der Waals surface area contributed by atoms with Gasteiger partial charge in [0.1, 0.15) is 0 Å². The maximum absolute atomic E-state index is 11.8. The standard InChI is InChI=1S/C19H14O3S2/c1-2-21-19(20)22-18-17-13-8-4-6-10-16(13)24-15-9-5-3-7-12(15)14(17)11-23-18/h3-11H,2H2,1H3. The van der Waals surface area contributed by atoms with Gasteiger partial charge in [-0.1, -0.05) is 48.2 Å². The van der Waals surface area contributed by atoms with E-state index in [2.05, 4.69) is 24.3 Å². The summed E-state index contributed by atoms with van der Waals surface area (Å²) in [6.07, 6.45) is -0.662. The Hall–Kier alpha value is -2.24. The summed E-state index contributed by atoms with van der Waals surface area (Å²) in [4.78, 5) is 14.1. The van der Waals surface area contributed by atoms with Crippen molar-refractivity contribution < 1.29 is 14.3 Å². The van der Waals surface area contributed by atoms with Gasteiger partial charge in [0, 0.05) is 31.9 Å². The number of benzene rings is 2. The Morgan fingerprint density at radius 3 is 2.38 bits per heavy atom. The number of ether oxygens (including phenoxy) is 2. The minimum Gasteiger partial charge on any atom is -0.434 e. The van der Waals surface area contributed by atoms with Crippen molar-refractivity contribution in [2.45, 2.75) is 16.7 Å². The van der Waals surface area contributed by atoms with Gasteiger partial charge in [0.05, 0.1) is 6.61 Å². The van der Waals surface area contributed by atoms with Crippen molar-refractivity contribution in [1.82, 2.24) is 0 Å². The van der Waals surface area contributed by atoms with Crippen LogP contribution in [0.1, 0.15) is 6.92 Å². The molecule has 1 aliphatic heterocycles. The number of carbonyl (C=O) groups excluding carboxylic acids is 1. The van der Waals surface area contributed by atoms with Crippen LogP contribution >= 0.6 is 23.1 Å². The van der Waals surface area contributed by atoms with Gasteiger partial charge in [0.2, 0.25) is 0 Å². The number of hydrogen-bond donors (Lipinski definition) is 0. The molecule has 5 heteroatoms. The van der Waals surface area contributed by atoms with E-state index < -0.39 is 6.16 Å². The minimum atomic E-state index is -0.662. The van der Waals surface area contributed by atoms with Gasteiger partial charge < -0.3 is 9.47 Å². The van der Waals surface area contributed by atoms with E-state index in [-0.39, 0.29) is 0 Å². The molecule has 120 valence electrons. The molecule has 2 aromatic carbocycles. The average molecular weight is 354 g/mol. The second-order valence-electron chi connectivity index (χ2n) is 5.19. The van der Waals surface area contributed by atoms with Gasteiger partial charge in [-0.3, -0.25) is 0 Å². The van der Waals surface area contributed by atoms with Crippen LogP contribution < -0.4 is 4.74 Å². The first-order chi connectivity index (χ1) is 11.8. The topological polar surface area (TPSA) is 35.5 Å². The zero-order chi connectivity index (χ0) is 16.5. The van der Waals surface area contributed by atoms with E-state index in [9.17, 15) is 4.79 Å². The molecule has 1 aromatic heterocycles. The Kier molecular flexibility index (Phi) is 4.04. The molecule has 0 fully saturated rings. The third-order valence-corrected chi connectivity index (χ3v) is 5.76. The summed E-state index contributed by atoms with van der Waals surface area (Å²) in [5.41, 5.74) is 4.28. The highest BCUT2D eigenvalue weighted by Gasteiger charge is 2.25. The molecule has 4 rings (SSSR count). The van der Waals surface area contributed by atoms with Crippen LogP contribution in [0.4, 0.5) is 4.79 Å². The number of hydrogen-bond acceptors (Lipinski definition) is 5. The van der Waals surface area contributed by atoms with Gasteiger partial charge in [-0.05, 0) is 24.6 Å². The summed E-state index contributed by atoms with van der Waals surface area (Å²) in [5, 5.41) is 2.62. The van der Waals surface area contributed by atoms with E-state index in [1.54, 1.807) is 18.7 Å². The number of fused-ring (bicyclic) bond motifs is 5. The molecule has 0 saturated carbocycles. The lowest BCUT2D eigenvalue weighted by Crippen LogP contribution is -2.09. The van der Waals surface area contributed by atoms with Crippen LogP contribution in [0, 0.1) is 0 Å². The van der Waals surface area contributed by atoms with Crippen molar-refractivity contribution in [3.8, 4) is 27.3 Å². The third-order valence-electron chi connectivity index (χ3n) is 3.75. The molecule has 0 radical (unpaired) electrons. The van der Waals surface area contributed by atoms with Crippen LogP contribution in [0.5, 0.6) is 5.06 Å².